The zero-order valence-corrected chi connectivity index (χ0v) is 21.6. The third kappa shape index (κ3) is 5.68. The summed E-state index contributed by atoms with van der Waals surface area (Å²) in [6.07, 6.45) is 6.99. The summed E-state index contributed by atoms with van der Waals surface area (Å²) in [5, 5.41) is 0. The van der Waals surface area contributed by atoms with E-state index in [0.29, 0.717) is 53.7 Å². The number of carbonyl (C=O) groups is 1. The van der Waals surface area contributed by atoms with Gasteiger partial charge in [0.1, 0.15) is 12.4 Å². The Balaban J connectivity index is 1.37. The maximum Gasteiger partial charge on any atom is 0.248 e. The van der Waals surface area contributed by atoms with Gasteiger partial charge in [-0.3, -0.25) is 9.78 Å². The largest absolute Gasteiger partial charge is 0.497 e. The molecule has 0 aliphatic carbocycles. The van der Waals surface area contributed by atoms with Gasteiger partial charge >= 0.3 is 0 Å². The van der Waals surface area contributed by atoms with Crippen LogP contribution in [-0.2, 0) is 19.6 Å². The highest BCUT2D eigenvalue weighted by Gasteiger charge is 2.36. The van der Waals surface area contributed by atoms with Crippen LogP contribution in [0.1, 0.15) is 48.3 Å². The number of methoxy groups -OCH3 is 1. The standard InChI is InChI=1S/C26H35N3O5S/c1-19-13-24(33-3)14-20(2)26(19)35(31,32)29-11-5-4-8-23(29)17-34-18-25(30)28-12-9-22(16-28)21-7-6-10-27-15-21/h6-7,10,13-15,22-23H,4-5,8-9,11-12,16-18H2,1-3H3. The molecule has 2 aliphatic heterocycles. The SMILES string of the molecule is COc1cc(C)c(S(=O)(=O)N2CCCCC2COCC(=O)N2CCC(c3cccnc3)C2)c(C)c1. The molecule has 0 bridgehead atoms. The number of aromatic nitrogens is 1. The van der Waals surface area contributed by atoms with Gasteiger partial charge in [-0.05, 0) is 68.0 Å². The molecule has 0 saturated carbocycles. The predicted molar refractivity (Wildman–Crippen MR) is 133 cm³/mol. The number of rotatable bonds is 8. The molecule has 2 saturated heterocycles. The zero-order valence-electron chi connectivity index (χ0n) is 20.8. The first kappa shape index (κ1) is 25.6. The minimum Gasteiger partial charge on any atom is -0.497 e. The topological polar surface area (TPSA) is 89.0 Å². The lowest BCUT2D eigenvalue weighted by Crippen LogP contribution is -2.46. The Morgan fingerprint density at radius 2 is 1.91 bits per heavy atom. The van der Waals surface area contributed by atoms with E-state index in [-0.39, 0.29) is 25.2 Å². The van der Waals surface area contributed by atoms with Crippen LogP contribution in [-0.4, -0.2) is 74.5 Å². The Labute approximate surface area is 208 Å². The van der Waals surface area contributed by atoms with E-state index < -0.39 is 10.0 Å². The van der Waals surface area contributed by atoms with Crippen LogP contribution in [0.15, 0.2) is 41.6 Å². The number of hydrogen-bond acceptors (Lipinski definition) is 6. The Morgan fingerprint density at radius 1 is 1.14 bits per heavy atom. The molecule has 1 amide bonds. The number of aryl methyl sites for hydroxylation is 2. The van der Waals surface area contributed by atoms with E-state index in [0.717, 1.165) is 24.8 Å². The van der Waals surface area contributed by atoms with Crippen LogP contribution in [0.5, 0.6) is 5.75 Å². The van der Waals surface area contributed by atoms with Crippen molar-refractivity contribution in [1.29, 1.82) is 0 Å². The molecule has 2 aliphatic rings. The maximum absolute atomic E-state index is 13.7. The lowest BCUT2D eigenvalue weighted by molar-refractivity contribution is -0.135. The van der Waals surface area contributed by atoms with Crippen LogP contribution in [0.2, 0.25) is 0 Å². The molecule has 4 rings (SSSR count). The van der Waals surface area contributed by atoms with Crippen molar-refractivity contribution < 1.29 is 22.7 Å². The van der Waals surface area contributed by atoms with Crippen molar-refractivity contribution in [1.82, 2.24) is 14.2 Å². The van der Waals surface area contributed by atoms with Crippen LogP contribution in [0.25, 0.3) is 0 Å². The van der Waals surface area contributed by atoms with Gasteiger partial charge in [0.25, 0.3) is 0 Å². The molecule has 2 unspecified atom stereocenters. The molecule has 8 nitrogen and oxygen atoms in total. The fourth-order valence-corrected chi connectivity index (χ4v) is 7.35. The van der Waals surface area contributed by atoms with Crippen LogP contribution in [0, 0.1) is 13.8 Å². The molecular weight excluding hydrogens is 466 g/mol. The number of sulfonamides is 1. The minimum absolute atomic E-state index is 0.0370. The van der Waals surface area contributed by atoms with Crippen LogP contribution in [0.3, 0.4) is 0 Å². The van der Waals surface area contributed by atoms with Crippen molar-refractivity contribution in [3.05, 3.63) is 53.3 Å². The summed E-state index contributed by atoms with van der Waals surface area (Å²) in [6.45, 7) is 5.57. The zero-order chi connectivity index (χ0) is 25.0. The molecule has 1 aromatic carbocycles. The molecule has 35 heavy (non-hydrogen) atoms. The van der Waals surface area contributed by atoms with Crippen molar-refractivity contribution in [3.63, 3.8) is 0 Å². The number of piperidine rings is 1. The molecule has 1 aromatic heterocycles. The second-order valence-electron chi connectivity index (χ2n) is 9.48. The van der Waals surface area contributed by atoms with Crippen LogP contribution >= 0.6 is 0 Å². The predicted octanol–water partition coefficient (Wildman–Crippen LogP) is 3.28. The number of benzene rings is 1. The number of amides is 1. The van der Waals surface area contributed by atoms with Crippen molar-refractivity contribution in [3.8, 4) is 5.75 Å². The summed E-state index contributed by atoms with van der Waals surface area (Å²) < 4.78 is 40.0. The summed E-state index contributed by atoms with van der Waals surface area (Å²) in [5.41, 5.74) is 2.48. The van der Waals surface area contributed by atoms with E-state index >= 15 is 0 Å². The maximum atomic E-state index is 13.7. The minimum atomic E-state index is -3.71. The van der Waals surface area contributed by atoms with Crippen LogP contribution < -0.4 is 4.74 Å². The first-order chi connectivity index (χ1) is 16.8. The summed E-state index contributed by atoms with van der Waals surface area (Å²) in [4.78, 5) is 19.1. The number of likely N-dealkylation sites (tertiary alicyclic amines) is 1. The van der Waals surface area contributed by atoms with Crippen molar-refractivity contribution in [2.24, 2.45) is 0 Å². The Hall–Kier alpha value is -2.49. The summed E-state index contributed by atoms with van der Waals surface area (Å²) in [5.74, 6) is 0.884. The van der Waals surface area contributed by atoms with Gasteiger partial charge in [0.15, 0.2) is 0 Å². The number of nitrogens with zero attached hydrogens (tertiary/aromatic N) is 3. The first-order valence-electron chi connectivity index (χ1n) is 12.2. The fourth-order valence-electron chi connectivity index (χ4n) is 5.26. The molecule has 9 heteroatoms. The van der Waals surface area contributed by atoms with Gasteiger partial charge in [0, 0.05) is 44.0 Å². The molecule has 2 aromatic rings. The van der Waals surface area contributed by atoms with E-state index in [1.54, 1.807) is 43.6 Å². The van der Waals surface area contributed by atoms with Crippen molar-refractivity contribution >= 4 is 15.9 Å². The van der Waals surface area contributed by atoms with Crippen LogP contribution in [0.4, 0.5) is 0 Å². The van der Waals surface area contributed by atoms with E-state index in [4.69, 9.17) is 9.47 Å². The molecule has 2 atom stereocenters. The monoisotopic (exact) mass is 501 g/mol. The van der Waals surface area contributed by atoms with E-state index in [1.165, 1.54) is 0 Å². The lowest BCUT2D eigenvalue weighted by Gasteiger charge is -2.35. The van der Waals surface area contributed by atoms with Crippen molar-refractivity contribution in [2.75, 3.05) is 40.0 Å². The molecule has 2 fully saturated rings. The average Bonchev–Trinajstić information content (AvgIpc) is 3.35. The number of hydrogen-bond donors (Lipinski definition) is 0. The average molecular weight is 502 g/mol. The van der Waals surface area contributed by atoms with Gasteiger partial charge in [-0.2, -0.15) is 4.31 Å². The van der Waals surface area contributed by atoms with Gasteiger partial charge in [-0.15, -0.1) is 0 Å². The molecule has 3 heterocycles. The van der Waals surface area contributed by atoms with Gasteiger partial charge in [0.2, 0.25) is 15.9 Å². The summed E-state index contributed by atoms with van der Waals surface area (Å²) in [7, 11) is -2.13. The Bertz CT molecular complexity index is 1120. The summed E-state index contributed by atoms with van der Waals surface area (Å²) in [6, 6.07) is 7.18. The Morgan fingerprint density at radius 3 is 2.60 bits per heavy atom. The second kappa shape index (κ2) is 11.1. The normalized spacial score (nSPS) is 21.3. The molecular formula is C26H35N3O5S. The van der Waals surface area contributed by atoms with Gasteiger partial charge in [0.05, 0.1) is 18.6 Å². The second-order valence-corrected chi connectivity index (χ2v) is 11.3. The number of ether oxygens (including phenoxy) is 2. The molecule has 0 N–H and O–H groups in total. The van der Waals surface area contributed by atoms with E-state index in [2.05, 4.69) is 4.98 Å². The van der Waals surface area contributed by atoms with E-state index in [9.17, 15) is 13.2 Å². The highest BCUT2D eigenvalue weighted by atomic mass is 32.2. The lowest BCUT2D eigenvalue weighted by atomic mass is 10.0. The van der Waals surface area contributed by atoms with Gasteiger partial charge < -0.3 is 14.4 Å². The van der Waals surface area contributed by atoms with Gasteiger partial charge in [-0.1, -0.05) is 12.5 Å². The number of carbonyl (C=O) groups excluding carboxylic acids is 1. The third-order valence-corrected chi connectivity index (χ3v) is 9.30. The highest BCUT2D eigenvalue weighted by Crippen LogP contribution is 2.32. The Kier molecular flexibility index (Phi) is 8.09. The summed E-state index contributed by atoms with van der Waals surface area (Å²) >= 11 is 0. The molecule has 0 radical (unpaired) electrons. The van der Waals surface area contributed by atoms with Crippen molar-refractivity contribution in [2.45, 2.75) is 56.4 Å². The number of pyridine rings is 1. The van der Waals surface area contributed by atoms with Gasteiger partial charge in [-0.25, -0.2) is 8.42 Å². The smallest absolute Gasteiger partial charge is 0.248 e. The quantitative estimate of drug-likeness (QED) is 0.552. The molecule has 190 valence electrons. The van der Waals surface area contributed by atoms with E-state index in [1.807, 2.05) is 23.2 Å². The highest BCUT2D eigenvalue weighted by molar-refractivity contribution is 7.89. The third-order valence-electron chi connectivity index (χ3n) is 7.04. The molecule has 0 spiro atoms. The first-order valence-corrected chi connectivity index (χ1v) is 13.7. The fraction of sp³-hybridized carbons (Fsp3) is 0.538.